The second kappa shape index (κ2) is 5.90. The molecule has 0 aliphatic carbocycles. The number of nitrogen functional groups attached to an aromatic ring is 1. The van der Waals surface area contributed by atoms with Gasteiger partial charge in [-0.1, -0.05) is 0 Å². The van der Waals surface area contributed by atoms with Crippen molar-refractivity contribution in [3.05, 3.63) is 23.8 Å². The van der Waals surface area contributed by atoms with Gasteiger partial charge in [0.2, 0.25) is 5.91 Å². The number of benzene rings is 1. The second-order valence-electron chi connectivity index (χ2n) is 3.87. The molecule has 0 saturated heterocycles. The highest BCUT2D eigenvalue weighted by atomic mass is 16.4. The van der Waals surface area contributed by atoms with Crippen molar-refractivity contribution in [1.29, 1.82) is 0 Å². The van der Waals surface area contributed by atoms with Crippen molar-refractivity contribution in [2.75, 3.05) is 31.2 Å². The minimum absolute atomic E-state index is 0.0358. The number of hydrogen-bond donors (Lipinski definition) is 3. The molecule has 6 nitrogen and oxygen atoms in total. The van der Waals surface area contributed by atoms with Crippen LogP contribution >= 0.6 is 0 Å². The molecule has 4 N–H and O–H groups in total. The van der Waals surface area contributed by atoms with Gasteiger partial charge < -0.3 is 21.1 Å². The van der Waals surface area contributed by atoms with Crippen LogP contribution in [0.3, 0.4) is 0 Å². The number of hydrogen-bond acceptors (Lipinski definition) is 4. The van der Waals surface area contributed by atoms with E-state index < -0.39 is 5.97 Å². The van der Waals surface area contributed by atoms with E-state index in [-0.39, 0.29) is 18.0 Å². The molecule has 0 atom stereocenters. The minimum Gasteiger partial charge on any atom is -0.478 e. The molecule has 0 spiro atoms. The van der Waals surface area contributed by atoms with Crippen LogP contribution in [0.15, 0.2) is 18.2 Å². The van der Waals surface area contributed by atoms with Crippen LogP contribution in [0.4, 0.5) is 11.4 Å². The number of carboxylic acids is 1. The van der Waals surface area contributed by atoms with Gasteiger partial charge in [-0.25, -0.2) is 4.79 Å². The van der Waals surface area contributed by atoms with Gasteiger partial charge in [0.15, 0.2) is 0 Å². The lowest BCUT2D eigenvalue weighted by molar-refractivity contribution is -0.127. The molecule has 1 aromatic carbocycles. The van der Waals surface area contributed by atoms with E-state index >= 15 is 0 Å². The van der Waals surface area contributed by atoms with E-state index in [1.807, 2.05) is 6.92 Å². The molecule has 6 heteroatoms. The van der Waals surface area contributed by atoms with Gasteiger partial charge in [0.1, 0.15) is 0 Å². The standard InChI is InChI=1S/C12H17N3O3/c1-3-15(2)11(16)7-14-10-6-8(13)4-5-9(10)12(17)18/h4-6,14H,3,7,13H2,1-2H3,(H,17,18). The van der Waals surface area contributed by atoms with Crippen molar-refractivity contribution in [3.63, 3.8) is 0 Å². The van der Waals surface area contributed by atoms with Gasteiger partial charge in [0.25, 0.3) is 0 Å². The Morgan fingerprint density at radius 1 is 1.44 bits per heavy atom. The van der Waals surface area contributed by atoms with Crippen molar-refractivity contribution in [3.8, 4) is 0 Å². The molecule has 0 aliphatic heterocycles. The third kappa shape index (κ3) is 3.38. The number of amides is 1. The van der Waals surface area contributed by atoms with Crippen molar-refractivity contribution in [2.45, 2.75) is 6.92 Å². The van der Waals surface area contributed by atoms with E-state index in [0.29, 0.717) is 17.9 Å². The van der Waals surface area contributed by atoms with E-state index in [1.54, 1.807) is 11.9 Å². The normalized spacial score (nSPS) is 9.89. The monoisotopic (exact) mass is 251 g/mol. The van der Waals surface area contributed by atoms with Crippen LogP contribution in [0.5, 0.6) is 0 Å². The Morgan fingerprint density at radius 2 is 2.11 bits per heavy atom. The Labute approximate surface area is 105 Å². The average molecular weight is 251 g/mol. The van der Waals surface area contributed by atoms with Crippen molar-refractivity contribution >= 4 is 23.3 Å². The highest BCUT2D eigenvalue weighted by Crippen LogP contribution is 2.19. The molecule has 1 amide bonds. The molecule has 0 aliphatic rings. The van der Waals surface area contributed by atoms with E-state index in [1.165, 1.54) is 18.2 Å². The third-order valence-corrected chi connectivity index (χ3v) is 2.60. The summed E-state index contributed by atoms with van der Waals surface area (Å²) < 4.78 is 0. The number of carboxylic acid groups (broad SMARTS) is 1. The SMILES string of the molecule is CCN(C)C(=O)CNc1cc(N)ccc1C(=O)O. The number of nitrogens with one attached hydrogen (secondary N) is 1. The molecule has 98 valence electrons. The highest BCUT2D eigenvalue weighted by Gasteiger charge is 2.12. The number of anilines is 2. The number of carbonyl (C=O) groups excluding carboxylic acids is 1. The fraction of sp³-hybridized carbons (Fsp3) is 0.333. The Balaban J connectivity index is 2.81. The topological polar surface area (TPSA) is 95.7 Å². The van der Waals surface area contributed by atoms with Crippen LogP contribution in [-0.4, -0.2) is 42.0 Å². The smallest absolute Gasteiger partial charge is 0.337 e. The lowest BCUT2D eigenvalue weighted by atomic mass is 10.1. The molecule has 0 saturated carbocycles. The average Bonchev–Trinajstić information content (AvgIpc) is 2.34. The van der Waals surface area contributed by atoms with Crippen LogP contribution in [0.1, 0.15) is 17.3 Å². The van der Waals surface area contributed by atoms with Gasteiger partial charge in [0.05, 0.1) is 17.8 Å². The second-order valence-corrected chi connectivity index (χ2v) is 3.87. The molecule has 0 heterocycles. The molecular formula is C12H17N3O3. The molecular weight excluding hydrogens is 234 g/mol. The zero-order chi connectivity index (χ0) is 13.7. The van der Waals surface area contributed by atoms with Gasteiger partial charge >= 0.3 is 5.97 Å². The highest BCUT2D eigenvalue weighted by molar-refractivity contribution is 5.95. The summed E-state index contributed by atoms with van der Waals surface area (Å²) in [6.45, 7) is 2.50. The first-order valence-corrected chi connectivity index (χ1v) is 5.56. The summed E-state index contributed by atoms with van der Waals surface area (Å²) in [6.07, 6.45) is 0. The van der Waals surface area contributed by atoms with Gasteiger partial charge in [-0.15, -0.1) is 0 Å². The number of nitrogens with zero attached hydrogens (tertiary/aromatic N) is 1. The van der Waals surface area contributed by atoms with Crippen LogP contribution in [0.25, 0.3) is 0 Å². The Kier molecular flexibility index (Phi) is 4.53. The Hall–Kier alpha value is -2.24. The van der Waals surface area contributed by atoms with Gasteiger partial charge in [-0.05, 0) is 25.1 Å². The van der Waals surface area contributed by atoms with Crippen LogP contribution in [-0.2, 0) is 4.79 Å². The quantitative estimate of drug-likeness (QED) is 0.674. The van der Waals surface area contributed by atoms with Crippen molar-refractivity contribution < 1.29 is 14.7 Å². The first-order valence-electron chi connectivity index (χ1n) is 5.56. The maximum atomic E-state index is 11.6. The fourth-order valence-corrected chi connectivity index (χ4v) is 1.38. The lowest BCUT2D eigenvalue weighted by Crippen LogP contribution is -2.32. The summed E-state index contributed by atoms with van der Waals surface area (Å²) >= 11 is 0. The minimum atomic E-state index is -1.06. The predicted molar refractivity (Wildman–Crippen MR) is 69.6 cm³/mol. The zero-order valence-electron chi connectivity index (χ0n) is 10.4. The molecule has 1 aromatic rings. The molecule has 1 rings (SSSR count). The van der Waals surface area contributed by atoms with Gasteiger partial charge in [-0.2, -0.15) is 0 Å². The number of nitrogens with two attached hydrogens (primary N) is 1. The van der Waals surface area contributed by atoms with Crippen LogP contribution in [0.2, 0.25) is 0 Å². The lowest BCUT2D eigenvalue weighted by Gasteiger charge is -2.16. The predicted octanol–water partition coefficient (Wildman–Crippen LogP) is 0.857. The molecule has 0 bridgehead atoms. The number of likely N-dealkylation sites (N-methyl/N-ethyl adjacent to an activating group) is 1. The Bertz CT molecular complexity index is 460. The van der Waals surface area contributed by atoms with Gasteiger partial charge in [-0.3, -0.25) is 4.79 Å². The maximum absolute atomic E-state index is 11.6. The van der Waals surface area contributed by atoms with E-state index in [0.717, 1.165) is 0 Å². The van der Waals surface area contributed by atoms with Crippen LogP contribution in [0, 0.1) is 0 Å². The molecule has 0 unspecified atom stereocenters. The molecule has 18 heavy (non-hydrogen) atoms. The van der Waals surface area contributed by atoms with Crippen molar-refractivity contribution in [1.82, 2.24) is 4.90 Å². The molecule has 0 fully saturated rings. The summed E-state index contributed by atoms with van der Waals surface area (Å²) in [7, 11) is 1.68. The largest absolute Gasteiger partial charge is 0.478 e. The van der Waals surface area contributed by atoms with Crippen molar-refractivity contribution in [2.24, 2.45) is 0 Å². The summed E-state index contributed by atoms with van der Waals surface area (Å²) in [4.78, 5) is 24.1. The third-order valence-electron chi connectivity index (χ3n) is 2.60. The van der Waals surface area contributed by atoms with E-state index in [9.17, 15) is 9.59 Å². The maximum Gasteiger partial charge on any atom is 0.337 e. The summed E-state index contributed by atoms with van der Waals surface area (Å²) in [5.74, 6) is -1.18. The summed E-state index contributed by atoms with van der Waals surface area (Å²) in [6, 6.07) is 4.42. The first-order chi connectivity index (χ1) is 8.45. The van der Waals surface area contributed by atoms with Gasteiger partial charge in [0, 0.05) is 19.3 Å². The van der Waals surface area contributed by atoms with E-state index in [2.05, 4.69) is 5.32 Å². The fourth-order valence-electron chi connectivity index (χ4n) is 1.38. The number of rotatable bonds is 5. The van der Waals surface area contributed by atoms with Crippen LogP contribution < -0.4 is 11.1 Å². The zero-order valence-corrected chi connectivity index (χ0v) is 10.4. The first kappa shape index (κ1) is 13.8. The van der Waals surface area contributed by atoms with E-state index in [4.69, 9.17) is 10.8 Å². The number of carbonyl (C=O) groups is 2. The molecule has 0 radical (unpaired) electrons. The molecule has 0 aromatic heterocycles. The summed E-state index contributed by atoms with van der Waals surface area (Å²) in [5.41, 5.74) is 6.48. The summed E-state index contributed by atoms with van der Waals surface area (Å²) in [5, 5.41) is 11.8. The number of aromatic carboxylic acids is 1. The Morgan fingerprint density at radius 3 is 2.67 bits per heavy atom.